The third-order valence-corrected chi connectivity index (χ3v) is 7.11. The van der Waals surface area contributed by atoms with Crippen molar-refractivity contribution in [2.45, 2.75) is 18.5 Å². The summed E-state index contributed by atoms with van der Waals surface area (Å²) in [5.74, 6) is 1.66. The van der Waals surface area contributed by atoms with Gasteiger partial charge in [-0.2, -0.15) is 0 Å². The molecule has 0 saturated carbocycles. The van der Waals surface area contributed by atoms with Crippen molar-refractivity contribution in [3.8, 4) is 17.1 Å². The molecule has 3 aromatic rings. The molecule has 1 aromatic carbocycles. The molecular formula is C26H29N5O5S. The van der Waals surface area contributed by atoms with Crippen LogP contribution in [0.25, 0.3) is 11.3 Å². The van der Waals surface area contributed by atoms with E-state index in [0.717, 1.165) is 57.3 Å². The number of nitrogens with one attached hydrogen (secondary N) is 1. The molecule has 2 aliphatic rings. The number of hydrogen-bond donors (Lipinski definition) is 1. The maximum Gasteiger partial charge on any atom is 0.273 e. The van der Waals surface area contributed by atoms with Crippen molar-refractivity contribution < 1.29 is 18.8 Å². The molecule has 0 spiro atoms. The van der Waals surface area contributed by atoms with E-state index in [1.54, 1.807) is 12.3 Å². The van der Waals surface area contributed by atoms with E-state index in [1.165, 1.54) is 19.2 Å². The molecule has 4 heterocycles. The molecule has 2 aromatic heterocycles. The first-order valence-electron chi connectivity index (χ1n) is 12.3. The van der Waals surface area contributed by atoms with Gasteiger partial charge in [-0.25, -0.2) is 0 Å². The molecule has 5 rings (SSSR count). The minimum Gasteiger partial charge on any atom is -0.496 e. The van der Waals surface area contributed by atoms with Gasteiger partial charge in [-0.1, -0.05) is 6.07 Å². The maximum absolute atomic E-state index is 11.2. The quantitative estimate of drug-likeness (QED) is 0.252. The molecule has 0 amide bonds. The van der Waals surface area contributed by atoms with Crippen LogP contribution >= 0.6 is 12.2 Å². The summed E-state index contributed by atoms with van der Waals surface area (Å²) in [6.45, 7) is 5.16. The van der Waals surface area contributed by atoms with Gasteiger partial charge in [0, 0.05) is 38.4 Å². The fraction of sp³-hybridized carbons (Fsp3) is 0.385. The minimum absolute atomic E-state index is 0.0422. The van der Waals surface area contributed by atoms with Gasteiger partial charge >= 0.3 is 0 Å². The van der Waals surface area contributed by atoms with Crippen molar-refractivity contribution in [2.24, 2.45) is 0 Å². The number of pyridine rings is 1. The Hall–Kier alpha value is -3.54. The standard InChI is InChI=1S/C26H29N5O5S/c1-34-23-17-18(31(32)33)6-7-19(23)21-8-9-22(36-21)25-24(20-5-2-3-10-27-20)28-26(37)30(25)12-4-11-29-13-15-35-16-14-29/h2-3,5-10,17,24-25H,4,11-16H2,1H3,(H,28,37). The lowest BCUT2D eigenvalue weighted by Crippen LogP contribution is -2.38. The zero-order valence-corrected chi connectivity index (χ0v) is 21.4. The molecule has 37 heavy (non-hydrogen) atoms. The van der Waals surface area contributed by atoms with Crippen LogP contribution in [0.5, 0.6) is 5.75 Å². The molecule has 2 fully saturated rings. The molecule has 0 bridgehead atoms. The molecule has 11 heteroatoms. The lowest BCUT2D eigenvalue weighted by molar-refractivity contribution is -0.384. The lowest BCUT2D eigenvalue weighted by Gasteiger charge is -2.29. The fourth-order valence-corrected chi connectivity index (χ4v) is 5.23. The zero-order valence-electron chi connectivity index (χ0n) is 20.5. The summed E-state index contributed by atoms with van der Waals surface area (Å²) >= 11 is 5.77. The summed E-state index contributed by atoms with van der Waals surface area (Å²) in [7, 11) is 1.49. The van der Waals surface area contributed by atoms with E-state index in [-0.39, 0.29) is 17.8 Å². The van der Waals surface area contributed by atoms with Crippen LogP contribution in [-0.4, -0.2) is 71.3 Å². The minimum atomic E-state index is -0.447. The van der Waals surface area contributed by atoms with E-state index in [9.17, 15) is 10.1 Å². The van der Waals surface area contributed by atoms with E-state index < -0.39 is 4.92 Å². The normalized spacial score (nSPS) is 20.1. The number of rotatable bonds is 9. The Labute approximate surface area is 220 Å². The van der Waals surface area contributed by atoms with E-state index in [1.807, 2.05) is 30.3 Å². The van der Waals surface area contributed by atoms with Gasteiger partial charge in [-0.3, -0.25) is 20.0 Å². The molecular weight excluding hydrogens is 494 g/mol. The Morgan fingerprint density at radius 1 is 1.19 bits per heavy atom. The Kier molecular flexibility index (Phi) is 7.63. The van der Waals surface area contributed by atoms with Crippen LogP contribution in [0.3, 0.4) is 0 Å². The van der Waals surface area contributed by atoms with Gasteiger partial charge in [-0.15, -0.1) is 0 Å². The Morgan fingerprint density at radius 3 is 2.76 bits per heavy atom. The first kappa shape index (κ1) is 25.1. The van der Waals surface area contributed by atoms with Crippen molar-refractivity contribution in [1.82, 2.24) is 20.1 Å². The highest BCUT2D eigenvalue weighted by Crippen LogP contribution is 2.42. The molecule has 1 N–H and O–H groups in total. The summed E-state index contributed by atoms with van der Waals surface area (Å²) in [4.78, 5) is 19.9. The summed E-state index contributed by atoms with van der Waals surface area (Å²) in [6, 6.07) is 13.7. The second-order valence-corrected chi connectivity index (χ2v) is 9.36. The summed E-state index contributed by atoms with van der Waals surface area (Å²) in [5.41, 5.74) is 1.47. The van der Waals surface area contributed by atoms with E-state index in [4.69, 9.17) is 26.1 Å². The molecule has 2 saturated heterocycles. The van der Waals surface area contributed by atoms with Gasteiger partial charge in [0.2, 0.25) is 0 Å². The van der Waals surface area contributed by atoms with Crippen LogP contribution in [0, 0.1) is 10.1 Å². The van der Waals surface area contributed by atoms with Crippen molar-refractivity contribution in [3.05, 3.63) is 76.3 Å². The van der Waals surface area contributed by atoms with E-state index in [0.29, 0.717) is 22.2 Å². The highest BCUT2D eigenvalue weighted by atomic mass is 32.1. The molecule has 2 unspecified atom stereocenters. The number of aromatic nitrogens is 1. The third-order valence-electron chi connectivity index (χ3n) is 6.75. The average molecular weight is 524 g/mol. The number of hydrogen-bond acceptors (Lipinski definition) is 8. The van der Waals surface area contributed by atoms with Crippen LogP contribution in [0.1, 0.15) is 30.0 Å². The first-order valence-corrected chi connectivity index (χ1v) is 12.7. The van der Waals surface area contributed by atoms with Gasteiger partial charge in [-0.05, 0) is 49.0 Å². The summed E-state index contributed by atoms with van der Waals surface area (Å²) in [6.07, 6.45) is 2.71. The van der Waals surface area contributed by atoms with E-state index in [2.05, 4.69) is 20.1 Å². The molecule has 194 valence electrons. The Bertz CT molecular complexity index is 1250. The molecule has 2 aliphatic heterocycles. The number of morpholine rings is 1. The molecule has 2 atom stereocenters. The topological polar surface area (TPSA) is 106 Å². The van der Waals surface area contributed by atoms with Crippen LogP contribution in [0.4, 0.5) is 5.69 Å². The predicted octanol–water partition coefficient (Wildman–Crippen LogP) is 3.95. The van der Waals surface area contributed by atoms with Crippen molar-refractivity contribution in [1.29, 1.82) is 0 Å². The number of nitro groups is 1. The number of thiocarbonyl (C=S) groups is 1. The van der Waals surface area contributed by atoms with E-state index >= 15 is 0 Å². The second kappa shape index (κ2) is 11.2. The van der Waals surface area contributed by atoms with Gasteiger partial charge in [0.25, 0.3) is 5.69 Å². The number of methoxy groups -OCH3 is 1. The van der Waals surface area contributed by atoms with Crippen LogP contribution in [0.15, 0.2) is 59.1 Å². The Morgan fingerprint density at radius 2 is 2.03 bits per heavy atom. The van der Waals surface area contributed by atoms with Gasteiger partial charge in [0.05, 0.1) is 48.6 Å². The Balaban J connectivity index is 1.42. The lowest BCUT2D eigenvalue weighted by atomic mass is 10.0. The highest BCUT2D eigenvalue weighted by Gasteiger charge is 2.41. The SMILES string of the molecule is COc1cc([N+](=O)[O-])ccc1-c1ccc(C2C(c3ccccn3)NC(=S)N2CCCN2CCOCC2)o1. The predicted molar refractivity (Wildman–Crippen MR) is 141 cm³/mol. The summed E-state index contributed by atoms with van der Waals surface area (Å²) < 4.78 is 17.3. The number of benzene rings is 1. The van der Waals surface area contributed by atoms with Crippen molar-refractivity contribution in [3.63, 3.8) is 0 Å². The van der Waals surface area contributed by atoms with Crippen LogP contribution in [-0.2, 0) is 4.74 Å². The highest BCUT2D eigenvalue weighted by molar-refractivity contribution is 7.80. The fourth-order valence-electron chi connectivity index (χ4n) is 4.90. The van der Waals surface area contributed by atoms with Crippen LogP contribution in [0.2, 0.25) is 0 Å². The number of non-ortho nitro benzene ring substituents is 1. The van der Waals surface area contributed by atoms with Crippen LogP contribution < -0.4 is 10.1 Å². The average Bonchev–Trinajstić information content (AvgIpc) is 3.54. The smallest absolute Gasteiger partial charge is 0.273 e. The van der Waals surface area contributed by atoms with Crippen molar-refractivity contribution >= 4 is 23.0 Å². The summed E-state index contributed by atoms with van der Waals surface area (Å²) in [5, 5.41) is 15.3. The molecule has 0 aliphatic carbocycles. The number of furan rings is 1. The number of nitro benzene ring substituents is 1. The third kappa shape index (κ3) is 5.43. The maximum atomic E-state index is 11.2. The molecule has 10 nitrogen and oxygen atoms in total. The van der Waals surface area contributed by atoms with Gasteiger partial charge in [0.1, 0.15) is 23.3 Å². The second-order valence-electron chi connectivity index (χ2n) is 8.97. The first-order chi connectivity index (χ1) is 18.0. The molecule has 0 radical (unpaired) electrons. The largest absolute Gasteiger partial charge is 0.496 e. The number of nitrogens with zero attached hydrogens (tertiary/aromatic N) is 4. The monoisotopic (exact) mass is 523 g/mol. The number of ether oxygens (including phenoxy) is 2. The van der Waals surface area contributed by atoms with Gasteiger partial charge < -0.3 is 24.1 Å². The van der Waals surface area contributed by atoms with Crippen molar-refractivity contribution in [2.75, 3.05) is 46.5 Å². The zero-order chi connectivity index (χ0) is 25.8. The van der Waals surface area contributed by atoms with Gasteiger partial charge in [0.15, 0.2) is 5.11 Å².